The molecule has 20 heavy (non-hydrogen) atoms. The Hall–Kier alpha value is -1.13. The van der Waals surface area contributed by atoms with E-state index in [9.17, 15) is 0 Å². The zero-order valence-electron chi connectivity index (χ0n) is 12.8. The normalized spacial score (nSPS) is 12.8. The summed E-state index contributed by atoms with van der Waals surface area (Å²) in [5, 5.41) is 3.01. The van der Waals surface area contributed by atoms with Crippen LogP contribution in [0.3, 0.4) is 0 Å². The van der Waals surface area contributed by atoms with Gasteiger partial charge in [0.2, 0.25) is 0 Å². The Labute approximate surface area is 125 Å². The van der Waals surface area contributed by atoms with E-state index in [0.29, 0.717) is 0 Å². The van der Waals surface area contributed by atoms with Crippen LogP contribution in [-0.2, 0) is 0 Å². The maximum absolute atomic E-state index is 2.42. The summed E-state index contributed by atoms with van der Waals surface area (Å²) in [4.78, 5) is 0. The van der Waals surface area contributed by atoms with Crippen molar-refractivity contribution >= 4 is 18.5 Å². The third kappa shape index (κ3) is 4.18. The van der Waals surface area contributed by atoms with Crippen LogP contribution >= 0.6 is 7.92 Å². The maximum Gasteiger partial charge on any atom is -0.0157 e. The molecule has 0 bridgehead atoms. The van der Waals surface area contributed by atoms with Crippen LogP contribution in [0, 0.1) is 5.92 Å². The maximum atomic E-state index is 2.42. The van der Waals surface area contributed by atoms with Crippen LogP contribution in [0.5, 0.6) is 0 Å². The second-order valence-electron chi connectivity index (χ2n) is 5.86. The highest BCUT2D eigenvalue weighted by Crippen LogP contribution is 2.41. The predicted octanol–water partition coefficient (Wildman–Crippen LogP) is 4.94. The molecule has 0 saturated heterocycles. The van der Waals surface area contributed by atoms with Crippen molar-refractivity contribution in [2.45, 2.75) is 39.3 Å². The molecular formula is C19H25P. The van der Waals surface area contributed by atoms with Gasteiger partial charge >= 0.3 is 0 Å². The number of hydrogen-bond donors (Lipinski definition) is 0. The van der Waals surface area contributed by atoms with Crippen LogP contribution in [0.4, 0.5) is 0 Å². The molecule has 0 amide bonds. The fourth-order valence-corrected chi connectivity index (χ4v) is 5.25. The van der Waals surface area contributed by atoms with E-state index in [-0.39, 0.29) is 7.92 Å². The first kappa shape index (κ1) is 15.3. The minimum absolute atomic E-state index is 0.243. The van der Waals surface area contributed by atoms with Crippen molar-refractivity contribution in [3.63, 3.8) is 0 Å². The van der Waals surface area contributed by atoms with Gasteiger partial charge in [0.1, 0.15) is 0 Å². The molecule has 0 unspecified atom stereocenters. The second-order valence-corrected chi connectivity index (χ2v) is 8.52. The predicted molar refractivity (Wildman–Crippen MR) is 92.6 cm³/mol. The molecule has 2 aromatic carbocycles. The van der Waals surface area contributed by atoms with Gasteiger partial charge in [0, 0.05) is 0 Å². The van der Waals surface area contributed by atoms with Crippen LogP contribution in [-0.4, -0.2) is 5.66 Å². The van der Waals surface area contributed by atoms with Gasteiger partial charge in [0.05, 0.1) is 0 Å². The van der Waals surface area contributed by atoms with Gasteiger partial charge < -0.3 is 0 Å². The number of rotatable bonds is 6. The average Bonchev–Trinajstić information content (AvgIpc) is 2.48. The highest BCUT2D eigenvalue weighted by Gasteiger charge is 2.20. The van der Waals surface area contributed by atoms with Gasteiger partial charge in [-0.05, 0) is 36.5 Å². The second kappa shape index (κ2) is 7.60. The molecule has 1 heteroatoms. The molecule has 0 aliphatic rings. The van der Waals surface area contributed by atoms with Gasteiger partial charge in [-0.1, -0.05) is 87.9 Å². The van der Waals surface area contributed by atoms with Crippen molar-refractivity contribution in [2.24, 2.45) is 5.92 Å². The van der Waals surface area contributed by atoms with E-state index in [2.05, 4.69) is 81.4 Å². The molecule has 1 atom stereocenters. The summed E-state index contributed by atoms with van der Waals surface area (Å²) in [6.07, 6.45) is 2.63. The molecule has 0 aromatic heterocycles. The summed E-state index contributed by atoms with van der Waals surface area (Å²) < 4.78 is 0. The van der Waals surface area contributed by atoms with Crippen molar-refractivity contribution in [3.8, 4) is 0 Å². The van der Waals surface area contributed by atoms with Crippen LogP contribution in [0.15, 0.2) is 60.7 Å². The lowest BCUT2D eigenvalue weighted by Gasteiger charge is -2.26. The Balaban J connectivity index is 2.25. The number of benzene rings is 2. The average molecular weight is 284 g/mol. The summed E-state index contributed by atoms with van der Waals surface area (Å²) in [6, 6.07) is 22.1. The molecule has 2 rings (SSSR count). The van der Waals surface area contributed by atoms with Gasteiger partial charge in [0.25, 0.3) is 0 Å². The Bertz CT molecular complexity index is 450. The van der Waals surface area contributed by atoms with Gasteiger partial charge in [-0.2, -0.15) is 0 Å². The van der Waals surface area contributed by atoms with E-state index in [1.54, 1.807) is 0 Å². The molecule has 0 heterocycles. The third-order valence-corrected chi connectivity index (χ3v) is 6.52. The van der Waals surface area contributed by atoms with E-state index in [4.69, 9.17) is 0 Å². The minimum Gasteiger partial charge on any atom is -0.0628 e. The summed E-state index contributed by atoms with van der Waals surface area (Å²) >= 11 is 0. The van der Waals surface area contributed by atoms with E-state index >= 15 is 0 Å². The molecule has 0 N–H and O–H groups in total. The fourth-order valence-electron chi connectivity index (χ4n) is 2.54. The first-order valence-corrected chi connectivity index (χ1v) is 8.99. The van der Waals surface area contributed by atoms with E-state index in [1.165, 1.54) is 23.5 Å². The van der Waals surface area contributed by atoms with Crippen molar-refractivity contribution in [3.05, 3.63) is 60.7 Å². The quantitative estimate of drug-likeness (QED) is 0.659. The minimum atomic E-state index is -0.243. The lowest BCUT2D eigenvalue weighted by Crippen LogP contribution is -2.20. The van der Waals surface area contributed by atoms with Crippen LogP contribution < -0.4 is 10.6 Å². The first-order chi connectivity index (χ1) is 9.68. The zero-order valence-corrected chi connectivity index (χ0v) is 13.7. The monoisotopic (exact) mass is 284 g/mol. The molecule has 0 spiro atoms. The molecule has 0 fully saturated rings. The molecule has 0 radical (unpaired) electrons. The lowest BCUT2D eigenvalue weighted by atomic mass is 10.1. The zero-order chi connectivity index (χ0) is 14.4. The first-order valence-electron chi connectivity index (χ1n) is 7.58. The number of hydrogen-bond acceptors (Lipinski definition) is 0. The van der Waals surface area contributed by atoms with Crippen molar-refractivity contribution < 1.29 is 0 Å². The third-order valence-electron chi connectivity index (χ3n) is 3.67. The van der Waals surface area contributed by atoms with Crippen molar-refractivity contribution in [1.82, 2.24) is 0 Å². The van der Waals surface area contributed by atoms with Crippen LogP contribution in [0.1, 0.15) is 33.6 Å². The summed E-state index contributed by atoms with van der Waals surface area (Å²) in [5.41, 5.74) is 0.734. The lowest BCUT2D eigenvalue weighted by molar-refractivity contribution is 0.553. The van der Waals surface area contributed by atoms with Gasteiger partial charge in [-0.25, -0.2) is 0 Å². The van der Waals surface area contributed by atoms with E-state index in [0.717, 1.165) is 11.6 Å². The van der Waals surface area contributed by atoms with E-state index < -0.39 is 0 Å². The summed E-state index contributed by atoms with van der Waals surface area (Å²) in [5.74, 6) is 0.792. The largest absolute Gasteiger partial charge is 0.0628 e. The van der Waals surface area contributed by atoms with Crippen molar-refractivity contribution in [2.75, 3.05) is 0 Å². The fraction of sp³-hybridized carbons (Fsp3) is 0.368. The highest BCUT2D eigenvalue weighted by atomic mass is 31.1. The SMILES string of the molecule is CC(C)CC[C@@H](C)P(c1ccccc1)c1ccccc1. The summed E-state index contributed by atoms with van der Waals surface area (Å²) in [6.45, 7) is 7.06. The van der Waals surface area contributed by atoms with Gasteiger partial charge in [0.15, 0.2) is 0 Å². The molecular weight excluding hydrogens is 259 g/mol. The molecule has 0 saturated carbocycles. The Kier molecular flexibility index (Phi) is 5.80. The van der Waals surface area contributed by atoms with Crippen molar-refractivity contribution in [1.29, 1.82) is 0 Å². The van der Waals surface area contributed by atoms with Gasteiger partial charge in [-0.3, -0.25) is 0 Å². The Morgan fingerprint density at radius 2 is 1.15 bits per heavy atom. The van der Waals surface area contributed by atoms with Crippen LogP contribution in [0.25, 0.3) is 0 Å². The van der Waals surface area contributed by atoms with Gasteiger partial charge in [-0.15, -0.1) is 0 Å². The molecule has 0 aliphatic carbocycles. The molecule has 106 valence electrons. The topological polar surface area (TPSA) is 0 Å². The van der Waals surface area contributed by atoms with E-state index in [1.807, 2.05) is 0 Å². The molecule has 0 nitrogen and oxygen atoms in total. The highest BCUT2D eigenvalue weighted by molar-refractivity contribution is 7.73. The van der Waals surface area contributed by atoms with Crippen LogP contribution in [0.2, 0.25) is 0 Å². The molecule has 2 aromatic rings. The summed E-state index contributed by atoms with van der Waals surface area (Å²) in [7, 11) is -0.243. The smallest absolute Gasteiger partial charge is 0.0157 e. The Morgan fingerprint density at radius 3 is 1.55 bits per heavy atom. The molecule has 0 aliphatic heterocycles. The Morgan fingerprint density at radius 1 is 0.700 bits per heavy atom. The standard InChI is InChI=1S/C19H25P/c1-16(2)14-15-17(3)20(18-10-6-4-7-11-18)19-12-8-5-9-13-19/h4-13,16-17H,14-15H2,1-3H3/t17-/m1/s1.